The second-order valence-electron chi connectivity index (χ2n) is 13.8. The first-order valence-electron chi connectivity index (χ1n) is 16.2. The first kappa shape index (κ1) is 39.0. The molecule has 0 unspecified atom stereocenters. The highest BCUT2D eigenvalue weighted by atomic mass is 16.6. The number of nitrogens with zero attached hydrogens (tertiary/aromatic N) is 4. The lowest BCUT2D eigenvalue weighted by molar-refractivity contribution is -0.150. The van der Waals surface area contributed by atoms with Gasteiger partial charge in [0, 0.05) is 24.0 Å². The molecule has 0 saturated carbocycles. The zero-order valence-electron chi connectivity index (χ0n) is 29.9. The number of ether oxygens (including phenoxy) is 4. The summed E-state index contributed by atoms with van der Waals surface area (Å²) in [6.07, 6.45) is -5.66. The number of benzene rings is 2. The van der Waals surface area contributed by atoms with Crippen molar-refractivity contribution in [3.63, 3.8) is 0 Å². The number of morpholine rings is 1. The predicted molar refractivity (Wildman–Crippen MR) is 186 cm³/mol. The molecule has 0 bridgehead atoms. The third-order valence-corrected chi connectivity index (χ3v) is 7.53. The number of rotatable bonds is 8. The maximum Gasteiger partial charge on any atom is 0.420 e. The van der Waals surface area contributed by atoms with Crippen molar-refractivity contribution in [1.29, 1.82) is 5.26 Å². The number of carbonyl (C=O) groups excluding carboxylic acids is 5. The van der Waals surface area contributed by atoms with E-state index in [1.807, 2.05) is 6.07 Å². The molecule has 0 spiro atoms. The number of carbonyl (C=O) groups is 5. The van der Waals surface area contributed by atoms with Crippen LogP contribution in [-0.2, 0) is 46.4 Å². The first-order valence-corrected chi connectivity index (χ1v) is 16.2. The maximum absolute atomic E-state index is 13.6. The number of aliphatic hydroxyl groups excluding tert-OH is 1. The molecule has 16 heteroatoms. The number of hydrogen-bond acceptors (Lipinski definition) is 12. The molecule has 4 amide bonds. The minimum atomic E-state index is -1.99. The van der Waals surface area contributed by atoms with Crippen molar-refractivity contribution in [1.82, 2.24) is 9.47 Å². The smallest absolute Gasteiger partial charge is 0.420 e. The third kappa shape index (κ3) is 9.50. The Labute approximate surface area is 299 Å². The van der Waals surface area contributed by atoms with Crippen molar-refractivity contribution in [2.24, 2.45) is 0 Å². The number of aliphatic hydroxyl groups is 1. The molecule has 0 aliphatic carbocycles. The summed E-state index contributed by atoms with van der Waals surface area (Å²) in [6.45, 7) is 8.91. The molecule has 1 aromatic heterocycles. The molecule has 52 heavy (non-hydrogen) atoms. The standard InChI is InChI=1S/C36H41N5O11/c1-35(2,3)51-33(47)41(34(48)52-36(4,5)6)19-23-16-24(11-8-22(23)18-37)38-31(45)29(44)30-32(46)39(14-15-50-30)25-12-9-21-10-13-27(42)40(26(21)17-25)20-28(43)49-7/h8-13,16-17,29-30,44H,14-15,19-20H2,1-7H3,(H,38,45)/t29-,30-/m1/s1. The Balaban J connectivity index is 1.56. The van der Waals surface area contributed by atoms with E-state index in [1.54, 1.807) is 65.8 Å². The van der Waals surface area contributed by atoms with Gasteiger partial charge in [-0.25, -0.2) is 14.5 Å². The van der Waals surface area contributed by atoms with Crippen LogP contribution in [0.3, 0.4) is 0 Å². The number of fused-ring (bicyclic) bond motifs is 1. The molecule has 2 atom stereocenters. The lowest BCUT2D eigenvalue weighted by atomic mass is 10.1. The fraction of sp³-hybridized carbons (Fsp3) is 0.417. The first-order chi connectivity index (χ1) is 24.3. The average molecular weight is 720 g/mol. The van der Waals surface area contributed by atoms with Crippen LogP contribution in [0, 0.1) is 11.3 Å². The van der Waals surface area contributed by atoms with Crippen LogP contribution in [0.15, 0.2) is 53.3 Å². The quantitative estimate of drug-likeness (QED) is 0.254. The van der Waals surface area contributed by atoms with E-state index >= 15 is 0 Å². The van der Waals surface area contributed by atoms with Gasteiger partial charge < -0.3 is 34.3 Å². The van der Waals surface area contributed by atoms with Gasteiger partial charge in [-0.15, -0.1) is 0 Å². The van der Waals surface area contributed by atoms with Gasteiger partial charge in [-0.2, -0.15) is 5.26 Å². The number of anilines is 2. The summed E-state index contributed by atoms with van der Waals surface area (Å²) in [5.41, 5.74) is -1.40. The number of hydrogen-bond donors (Lipinski definition) is 2. The van der Waals surface area contributed by atoms with Crippen LogP contribution in [0.1, 0.15) is 52.7 Å². The van der Waals surface area contributed by atoms with E-state index in [2.05, 4.69) is 5.32 Å². The van der Waals surface area contributed by atoms with Crippen molar-refractivity contribution < 1.29 is 48.0 Å². The van der Waals surface area contributed by atoms with E-state index in [1.165, 1.54) is 40.8 Å². The zero-order valence-corrected chi connectivity index (χ0v) is 29.9. The van der Waals surface area contributed by atoms with E-state index < -0.39 is 65.5 Å². The number of pyridine rings is 1. The van der Waals surface area contributed by atoms with Crippen molar-refractivity contribution >= 4 is 52.2 Å². The number of amides is 4. The van der Waals surface area contributed by atoms with Gasteiger partial charge in [0.25, 0.3) is 17.4 Å². The minimum Gasteiger partial charge on any atom is -0.468 e. The van der Waals surface area contributed by atoms with Gasteiger partial charge in [0.1, 0.15) is 17.7 Å². The lowest BCUT2D eigenvalue weighted by Crippen LogP contribution is -2.55. The van der Waals surface area contributed by atoms with Crippen LogP contribution in [0.5, 0.6) is 0 Å². The molecule has 2 aromatic carbocycles. The summed E-state index contributed by atoms with van der Waals surface area (Å²) in [5.74, 6) is -2.40. The Morgan fingerprint density at radius 2 is 1.63 bits per heavy atom. The van der Waals surface area contributed by atoms with E-state index in [4.69, 9.17) is 18.9 Å². The number of nitrogens with one attached hydrogen (secondary N) is 1. The molecule has 2 heterocycles. The topological polar surface area (TPSA) is 207 Å². The number of nitriles is 1. The number of aromatic nitrogens is 1. The van der Waals surface area contributed by atoms with Gasteiger partial charge in [-0.05, 0) is 88.9 Å². The Hall–Kier alpha value is -5.79. The molecule has 1 aliphatic rings. The second-order valence-corrected chi connectivity index (χ2v) is 13.8. The molecule has 1 fully saturated rings. The normalized spacial score (nSPS) is 15.3. The fourth-order valence-electron chi connectivity index (χ4n) is 5.16. The molecule has 16 nitrogen and oxygen atoms in total. The van der Waals surface area contributed by atoms with Gasteiger partial charge in [-0.3, -0.25) is 23.7 Å². The van der Waals surface area contributed by atoms with Crippen LogP contribution in [0.4, 0.5) is 21.0 Å². The highest BCUT2D eigenvalue weighted by Gasteiger charge is 2.40. The van der Waals surface area contributed by atoms with Crippen molar-refractivity contribution in [3.8, 4) is 6.07 Å². The molecule has 2 N–H and O–H groups in total. The van der Waals surface area contributed by atoms with E-state index in [9.17, 15) is 39.1 Å². The Kier molecular flexibility index (Phi) is 11.7. The van der Waals surface area contributed by atoms with Gasteiger partial charge in [-0.1, -0.05) is 6.07 Å². The molecule has 276 valence electrons. The molecule has 1 aliphatic heterocycles. The summed E-state index contributed by atoms with van der Waals surface area (Å²) < 4.78 is 22.2. The Bertz CT molecular complexity index is 1960. The van der Waals surface area contributed by atoms with Crippen LogP contribution in [-0.4, -0.2) is 88.2 Å². The number of esters is 1. The van der Waals surface area contributed by atoms with Crippen LogP contribution in [0.2, 0.25) is 0 Å². The number of methoxy groups -OCH3 is 1. The van der Waals surface area contributed by atoms with Gasteiger partial charge in [0.05, 0.1) is 37.4 Å². The molecule has 4 rings (SSSR count). The minimum absolute atomic E-state index is 0.0469. The van der Waals surface area contributed by atoms with Crippen molar-refractivity contribution in [2.75, 3.05) is 30.5 Å². The van der Waals surface area contributed by atoms with Crippen molar-refractivity contribution in [3.05, 3.63) is 70.0 Å². The number of imide groups is 1. The lowest BCUT2D eigenvalue weighted by Gasteiger charge is -2.34. The average Bonchev–Trinajstić information content (AvgIpc) is 3.06. The SMILES string of the molecule is COC(=O)Cn1c(=O)ccc2ccc(N3CCO[C@H]([C@@H](O)C(=O)Nc4ccc(C#N)c(CN(C(=O)OC(C)(C)C)C(=O)OC(C)(C)C)c4)C3=O)cc21. The van der Waals surface area contributed by atoms with Crippen LogP contribution >= 0.6 is 0 Å². The largest absolute Gasteiger partial charge is 0.468 e. The second kappa shape index (κ2) is 15.6. The molecule has 3 aromatic rings. The fourth-order valence-corrected chi connectivity index (χ4v) is 5.16. The summed E-state index contributed by atoms with van der Waals surface area (Å²) in [7, 11) is 1.20. The summed E-state index contributed by atoms with van der Waals surface area (Å²) in [6, 6.07) is 13.8. The Morgan fingerprint density at radius 1 is 1.00 bits per heavy atom. The Morgan fingerprint density at radius 3 is 2.23 bits per heavy atom. The van der Waals surface area contributed by atoms with E-state index in [-0.39, 0.29) is 36.5 Å². The van der Waals surface area contributed by atoms with Crippen LogP contribution in [0.25, 0.3) is 10.9 Å². The zero-order chi connectivity index (χ0) is 38.5. The third-order valence-electron chi connectivity index (χ3n) is 7.53. The highest BCUT2D eigenvalue weighted by Crippen LogP contribution is 2.26. The summed E-state index contributed by atoms with van der Waals surface area (Å²) >= 11 is 0. The van der Waals surface area contributed by atoms with Gasteiger partial charge >= 0.3 is 18.2 Å². The van der Waals surface area contributed by atoms with E-state index in [0.29, 0.717) is 21.5 Å². The van der Waals surface area contributed by atoms with Crippen molar-refractivity contribution in [2.45, 2.75) is 78.0 Å². The monoisotopic (exact) mass is 719 g/mol. The summed E-state index contributed by atoms with van der Waals surface area (Å²) in [5, 5.41) is 23.9. The van der Waals surface area contributed by atoms with E-state index in [0.717, 1.165) is 0 Å². The predicted octanol–water partition coefficient (Wildman–Crippen LogP) is 3.45. The molecular formula is C36H41N5O11. The van der Waals surface area contributed by atoms with Crippen LogP contribution < -0.4 is 15.8 Å². The van der Waals surface area contributed by atoms with Gasteiger partial charge in [0.2, 0.25) is 0 Å². The maximum atomic E-state index is 13.6. The summed E-state index contributed by atoms with van der Waals surface area (Å²) in [4.78, 5) is 79.6. The van der Waals surface area contributed by atoms with Gasteiger partial charge in [0.15, 0.2) is 12.2 Å². The molecule has 1 saturated heterocycles. The molecule has 0 radical (unpaired) electrons. The highest BCUT2D eigenvalue weighted by molar-refractivity contribution is 6.04. The molecular weight excluding hydrogens is 678 g/mol.